The predicted octanol–water partition coefficient (Wildman–Crippen LogP) is 3.69. The summed E-state index contributed by atoms with van der Waals surface area (Å²) in [5.74, 6) is -1.62. The molecule has 0 fully saturated rings. The van der Waals surface area contributed by atoms with Gasteiger partial charge in [-0.05, 0) is 0 Å². The monoisotopic (exact) mass is 348 g/mol. The Morgan fingerprint density at radius 2 is 1.20 bits per heavy atom. The van der Waals surface area contributed by atoms with E-state index in [0.717, 1.165) is 0 Å². The molecule has 2 aromatic carbocycles. The van der Waals surface area contributed by atoms with Crippen molar-refractivity contribution in [1.29, 1.82) is 0 Å². The van der Waals surface area contributed by atoms with Crippen LogP contribution in [0, 0.1) is 0 Å². The van der Waals surface area contributed by atoms with Crippen LogP contribution in [0.25, 0.3) is 0 Å². The van der Waals surface area contributed by atoms with Crippen molar-refractivity contribution in [2.75, 3.05) is 0 Å². The molecule has 0 aliphatic carbocycles. The molecule has 0 saturated heterocycles. The summed E-state index contributed by atoms with van der Waals surface area (Å²) >= 11 is 17.3. The fraction of sp³-hybridized carbons (Fsp3) is 0.143. The topological polar surface area (TPSA) is 37.3 Å². The normalized spacial score (nSPS) is 14.0. The minimum Gasteiger partial charge on any atom is -0.380 e. The van der Waals surface area contributed by atoms with Crippen molar-refractivity contribution in [2.24, 2.45) is 0 Å². The highest BCUT2D eigenvalue weighted by atomic mass is 35.6. The molecular formula is C14H12Cl3O2P. The van der Waals surface area contributed by atoms with Crippen LogP contribution in [0.2, 0.25) is 0 Å². The molecule has 1 unspecified atom stereocenters. The van der Waals surface area contributed by atoms with E-state index in [0.29, 0.717) is 10.6 Å². The number of rotatable bonds is 3. The Balaban J connectivity index is 2.65. The molecule has 0 aromatic heterocycles. The van der Waals surface area contributed by atoms with Gasteiger partial charge in [0, 0.05) is 10.6 Å². The summed E-state index contributed by atoms with van der Waals surface area (Å²) in [4.78, 5) is 0. The van der Waals surface area contributed by atoms with Crippen LogP contribution in [0.4, 0.5) is 0 Å². The smallest absolute Gasteiger partial charge is 0.223 e. The van der Waals surface area contributed by atoms with Crippen molar-refractivity contribution in [3.05, 3.63) is 60.7 Å². The zero-order valence-corrected chi connectivity index (χ0v) is 13.4. The van der Waals surface area contributed by atoms with Gasteiger partial charge < -0.3 is 9.67 Å². The van der Waals surface area contributed by atoms with Crippen LogP contribution < -0.4 is 10.6 Å². The molecule has 2 rings (SSSR count). The predicted molar refractivity (Wildman–Crippen MR) is 86.1 cm³/mol. The second-order valence-electron chi connectivity index (χ2n) is 4.24. The zero-order chi connectivity index (χ0) is 14.8. The molecule has 0 bridgehead atoms. The van der Waals surface area contributed by atoms with E-state index in [-0.39, 0.29) is 0 Å². The second-order valence-corrected chi connectivity index (χ2v) is 9.45. The fourth-order valence-electron chi connectivity index (χ4n) is 1.94. The lowest BCUT2D eigenvalue weighted by Gasteiger charge is -2.29. The first-order chi connectivity index (χ1) is 9.37. The molecule has 2 aromatic rings. The fourth-order valence-corrected chi connectivity index (χ4v) is 5.68. The van der Waals surface area contributed by atoms with Gasteiger partial charge in [-0.3, -0.25) is 0 Å². The summed E-state index contributed by atoms with van der Waals surface area (Å²) in [6, 6.07) is 17.2. The highest BCUT2D eigenvalue weighted by molar-refractivity contribution is 7.79. The number of hydrogen-bond acceptors (Lipinski definition) is 2. The molecule has 0 spiro atoms. The van der Waals surface area contributed by atoms with Crippen molar-refractivity contribution in [3.8, 4) is 0 Å². The summed E-state index contributed by atoms with van der Waals surface area (Å²) in [5.41, 5.74) is 0. The second kappa shape index (κ2) is 6.09. The maximum absolute atomic E-state index is 13.5. The van der Waals surface area contributed by atoms with Gasteiger partial charge in [-0.1, -0.05) is 95.5 Å². The van der Waals surface area contributed by atoms with Crippen LogP contribution >= 0.6 is 41.9 Å². The third-order valence-corrected chi connectivity index (χ3v) is 7.20. The maximum Gasteiger partial charge on any atom is 0.223 e. The van der Waals surface area contributed by atoms with Crippen molar-refractivity contribution in [1.82, 2.24) is 0 Å². The summed E-state index contributed by atoms with van der Waals surface area (Å²) in [6.45, 7) is 0. The molecular weight excluding hydrogens is 337 g/mol. The number of aliphatic hydroxyl groups excluding tert-OH is 1. The Kier molecular flexibility index (Phi) is 4.84. The third kappa shape index (κ3) is 3.05. The summed E-state index contributed by atoms with van der Waals surface area (Å²) in [7, 11) is -3.48. The number of benzene rings is 2. The Morgan fingerprint density at radius 1 is 0.850 bits per heavy atom. The van der Waals surface area contributed by atoms with E-state index in [2.05, 4.69) is 0 Å². The van der Waals surface area contributed by atoms with Crippen LogP contribution in [0.1, 0.15) is 0 Å². The van der Waals surface area contributed by atoms with Crippen LogP contribution in [-0.4, -0.2) is 14.7 Å². The first-order valence-corrected chi connectivity index (χ1v) is 8.73. The van der Waals surface area contributed by atoms with Gasteiger partial charge in [0.2, 0.25) is 3.79 Å². The van der Waals surface area contributed by atoms with Gasteiger partial charge in [0.15, 0.2) is 13.0 Å². The minimum atomic E-state index is -3.48. The van der Waals surface area contributed by atoms with Crippen molar-refractivity contribution < 1.29 is 9.67 Å². The Morgan fingerprint density at radius 3 is 1.50 bits per heavy atom. The zero-order valence-electron chi connectivity index (χ0n) is 10.3. The lowest BCUT2D eigenvalue weighted by Crippen LogP contribution is -2.34. The van der Waals surface area contributed by atoms with Crippen LogP contribution in [0.15, 0.2) is 60.7 Å². The number of halogens is 3. The van der Waals surface area contributed by atoms with Gasteiger partial charge in [-0.2, -0.15) is 0 Å². The summed E-state index contributed by atoms with van der Waals surface area (Å²) in [5, 5.41) is 11.3. The Labute approximate surface area is 132 Å². The van der Waals surface area contributed by atoms with Crippen molar-refractivity contribution >= 4 is 52.6 Å². The molecule has 20 heavy (non-hydrogen) atoms. The average Bonchev–Trinajstić information content (AvgIpc) is 2.46. The molecule has 106 valence electrons. The lowest BCUT2D eigenvalue weighted by molar-refractivity contribution is 0.255. The highest BCUT2D eigenvalue weighted by Crippen LogP contribution is 2.55. The van der Waals surface area contributed by atoms with Gasteiger partial charge in [-0.15, -0.1) is 0 Å². The van der Waals surface area contributed by atoms with Gasteiger partial charge in [0.1, 0.15) is 0 Å². The van der Waals surface area contributed by atoms with Crippen molar-refractivity contribution in [3.63, 3.8) is 0 Å². The summed E-state index contributed by atoms with van der Waals surface area (Å²) in [6.07, 6.45) is 0. The summed E-state index contributed by atoms with van der Waals surface area (Å²) < 4.78 is 11.4. The quantitative estimate of drug-likeness (QED) is 0.678. The molecule has 1 N–H and O–H groups in total. The van der Waals surface area contributed by atoms with Gasteiger partial charge in [0.05, 0.1) is 0 Å². The maximum atomic E-state index is 13.5. The van der Waals surface area contributed by atoms with E-state index in [9.17, 15) is 9.67 Å². The van der Waals surface area contributed by atoms with Crippen LogP contribution in [-0.2, 0) is 4.57 Å². The van der Waals surface area contributed by atoms with E-state index in [4.69, 9.17) is 34.8 Å². The van der Waals surface area contributed by atoms with E-state index < -0.39 is 16.8 Å². The highest BCUT2D eigenvalue weighted by Gasteiger charge is 2.47. The molecule has 0 saturated carbocycles. The average molecular weight is 350 g/mol. The minimum absolute atomic E-state index is 0.449. The molecule has 1 atom stereocenters. The lowest BCUT2D eigenvalue weighted by atomic mass is 10.4. The van der Waals surface area contributed by atoms with E-state index in [1.54, 1.807) is 60.7 Å². The first-order valence-electron chi connectivity index (χ1n) is 5.82. The molecule has 0 aliphatic rings. The molecule has 0 heterocycles. The van der Waals surface area contributed by atoms with Gasteiger partial charge in [-0.25, -0.2) is 0 Å². The molecule has 0 radical (unpaired) electrons. The Hall–Kier alpha value is -0.500. The van der Waals surface area contributed by atoms with E-state index in [1.165, 1.54) is 0 Å². The molecule has 6 heteroatoms. The van der Waals surface area contributed by atoms with Crippen LogP contribution in [0.3, 0.4) is 0 Å². The van der Waals surface area contributed by atoms with Gasteiger partial charge in [0.25, 0.3) is 0 Å². The van der Waals surface area contributed by atoms with Crippen LogP contribution in [0.5, 0.6) is 0 Å². The van der Waals surface area contributed by atoms with E-state index in [1.807, 2.05) is 0 Å². The SMILES string of the molecule is O=P(c1ccccc1)(c1ccccc1)C(O)C(Cl)(Cl)Cl. The largest absolute Gasteiger partial charge is 0.380 e. The first kappa shape index (κ1) is 15.9. The van der Waals surface area contributed by atoms with Crippen molar-refractivity contribution in [2.45, 2.75) is 9.64 Å². The number of hydrogen-bond donors (Lipinski definition) is 1. The van der Waals surface area contributed by atoms with E-state index >= 15 is 0 Å². The number of aliphatic hydroxyl groups is 1. The van der Waals surface area contributed by atoms with Gasteiger partial charge >= 0.3 is 0 Å². The third-order valence-electron chi connectivity index (χ3n) is 2.92. The molecule has 2 nitrogen and oxygen atoms in total. The number of alkyl halides is 3. The standard InChI is InChI=1S/C14H12Cl3O2P/c15-14(16,17)13(18)20(19,11-7-3-1-4-8-11)12-9-5-2-6-10-12/h1-10,13,18H. The molecule has 0 aliphatic heterocycles. The molecule has 0 amide bonds. The Bertz CT molecular complexity index is 568.